The van der Waals surface area contributed by atoms with Gasteiger partial charge in [0.15, 0.2) is 0 Å². The van der Waals surface area contributed by atoms with Crippen molar-refractivity contribution in [1.29, 1.82) is 0 Å². The van der Waals surface area contributed by atoms with Gasteiger partial charge < -0.3 is 15.2 Å². The molecule has 1 fully saturated rings. The van der Waals surface area contributed by atoms with E-state index in [2.05, 4.69) is 10.3 Å². The monoisotopic (exact) mass is 392 g/mol. The Morgan fingerprint density at radius 2 is 2.08 bits per heavy atom. The number of nitrogens with one attached hydrogen (secondary N) is 1. The van der Waals surface area contributed by atoms with E-state index in [0.717, 1.165) is 22.1 Å². The van der Waals surface area contributed by atoms with E-state index < -0.39 is 11.5 Å². The lowest BCUT2D eigenvalue weighted by atomic mass is 9.99. The zero-order chi connectivity index (χ0) is 18.7. The lowest BCUT2D eigenvalue weighted by Crippen LogP contribution is -2.54. The minimum atomic E-state index is -1.18. The van der Waals surface area contributed by atoms with Gasteiger partial charge in [-0.15, -0.1) is 11.3 Å². The van der Waals surface area contributed by atoms with Crippen LogP contribution in [0.25, 0.3) is 10.6 Å². The minimum Gasteiger partial charge on any atom is -0.494 e. The topological polar surface area (TPSA) is 88.5 Å². The summed E-state index contributed by atoms with van der Waals surface area (Å²) < 4.78 is 5.43. The lowest BCUT2D eigenvalue weighted by Gasteiger charge is -2.24. The average Bonchev–Trinajstić information content (AvgIpc) is 3.23. The second kappa shape index (κ2) is 7.67. The number of rotatable bonds is 6. The molecule has 138 valence electrons. The zero-order valence-corrected chi connectivity index (χ0v) is 16.2. The highest BCUT2D eigenvalue weighted by molar-refractivity contribution is 7.99. The highest BCUT2D eigenvalue weighted by atomic mass is 32.2. The fourth-order valence-electron chi connectivity index (χ4n) is 2.75. The van der Waals surface area contributed by atoms with Crippen LogP contribution in [0.4, 0.5) is 0 Å². The van der Waals surface area contributed by atoms with Crippen molar-refractivity contribution in [3.05, 3.63) is 34.8 Å². The van der Waals surface area contributed by atoms with Crippen molar-refractivity contribution >= 4 is 35.0 Å². The molecule has 0 radical (unpaired) electrons. The summed E-state index contributed by atoms with van der Waals surface area (Å²) in [4.78, 5) is 29.3. The summed E-state index contributed by atoms with van der Waals surface area (Å²) in [6, 6.07) is 7.53. The van der Waals surface area contributed by atoms with Gasteiger partial charge in [0, 0.05) is 11.3 Å². The number of aliphatic carboxylic acids is 1. The van der Waals surface area contributed by atoms with E-state index in [1.807, 2.05) is 31.2 Å². The third-order valence-electron chi connectivity index (χ3n) is 4.20. The molecule has 0 aliphatic carbocycles. The Kier molecular flexibility index (Phi) is 5.52. The maximum absolute atomic E-state index is 12.7. The maximum Gasteiger partial charge on any atom is 0.330 e. The Morgan fingerprint density at radius 3 is 2.65 bits per heavy atom. The number of amides is 1. The highest BCUT2D eigenvalue weighted by Gasteiger charge is 2.43. The third-order valence-corrected chi connectivity index (χ3v) is 6.59. The molecule has 3 rings (SSSR count). The molecule has 1 amide bonds. The van der Waals surface area contributed by atoms with Crippen LogP contribution in [-0.2, 0) is 4.79 Å². The number of carbonyl (C=O) groups is 2. The van der Waals surface area contributed by atoms with Crippen molar-refractivity contribution in [3.63, 3.8) is 0 Å². The lowest BCUT2D eigenvalue weighted by molar-refractivity contribution is -0.143. The van der Waals surface area contributed by atoms with Crippen LogP contribution in [0.5, 0.6) is 5.75 Å². The van der Waals surface area contributed by atoms with Gasteiger partial charge in [0.2, 0.25) is 0 Å². The molecule has 1 atom stereocenters. The van der Waals surface area contributed by atoms with Crippen LogP contribution in [0.15, 0.2) is 24.3 Å². The SMILES string of the molecule is CCOc1ccc(-c2nc(C)c(C(=O)NC3(C(=O)O)CCSC3)s2)cc1. The Bertz CT molecular complexity index is 811. The van der Waals surface area contributed by atoms with Gasteiger partial charge in [0.25, 0.3) is 5.91 Å². The molecule has 2 N–H and O–H groups in total. The van der Waals surface area contributed by atoms with Gasteiger partial charge in [0.05, 0.1) is 12.3 Å². The van der Waals surface area contributed by atoms with Crippen LogP contribution >= 0.6 is 23.1 Å². The maximum atomic E-state index is 12.7. The molecule has 1 aliphatic heterocycles. The summed E-state index contributed by atoms with van der Waals surface area (Å²) in [7, 11) is 0. The number of carboxylic acid groups (broad SMARTS) is 1. The van der Waals surface area contributed by atoms with E-state index in [1.165, 1.54) is 23.1 Å². The Hall–Kier alpha value is -2.06. The molecule has 2 heterocycles. The zero-order valence-electron chi connectivity index (χ0n) is 14.6. The molecule has 1 saturated heterocycles. The summed E-state index contributed by atoms with van der Waals surface area (Å²) in [6.45, 7) is 4.29. The van der Waals surface area contributed by atoms with Crippen molar-refractivity contribution in [1.82, 2.24) is 10.3 Å². The minimum absolute atomic E-state index is 0.373. The number of aryl methyl sites for hydroxylation is 1. The number of carboxylic acids is 1. The van der Waals surface area contributed by atoms with Gasteiger partial charge in [-0.3, -0.25) is 4.79 Å². The second-order valence-electron chi connectivity index (χ2n) is 6.03. The van der Waals surface area contributed by atoms with Crippen molar-refractivity contribution in [2.75, 3.05) is 18.1 Å². The van der Waals surface area contributed by atoms with Gasteiger partial charge >= 0.3 is 5.97 Å². The molecule has 6 nitrogen and oxygen atoms in total. The fourth-order valence-corrected chi connectivity index (χ4v) is 5.04. The van der Waals surface area contributed by atoms with Crippen LogP contribution < -0.4 is 10.1 Å². The molecular weight excluding hydrogens is 372 g/mol. The number of thioether (sulfide) groups is 1. The number of hydrogen-bond donors (Lipinski definition) is 2. The summed E-state index contributed by atoms with van der Waals surface area (Å²) in [5, 5.41) is 13.0. The van der Waals surface area contributed by atoms with Crippen molar-refractivity contribution in [2.45, 2.75) is 25.8 Å². The van der Waals surface area contributed by atoms with Crippen LogP contribution in [0.3, 0.4) is 0 Å². The molecule has 0 bridgehead atoms. The van der Waals surface area contributed by atoms with Gasteiger partial charge in [-0.2, -0.15) is 11.8 Å². The predicted octanol–water partition coefficient (Wildman–Crippen LogP) is 3.21. The Morgan fingerprint density at radius 1 is 1.35 bits per heavy atom. The van der Waals surface area contributed by atoms with E-state index >= 15 is 0 Å². The number of carbonyl (C=O) groups excluding carboxylic acids is 1. The number of benzene rings is 1. The smallest absolute Gasteiger partial charge is 0.330 e. The first-order chi connectivity index (χ1) is 12.4. The third kappa shape index (κ3) is 3.71. The number of aromatic nitrogens is 1. The van der Waals surface area contributed by atoms with Crippen LogP contribution in [0.2, 0.25) is 0 Å². The van der Waals surface area contributed by atoms with Crippen molar-refractivity contribution < 1.29 is 19.4 Å². The summed E-state index contributed by atoms with van der Waals surface area (Å²) in [5.74, 6) is 0.542. The average molecular weight is 393 g/mol. The normalized spacial score (nSPS) is 19.3. The molecular formula is C18H20N2O4S2. The largest absolute Gasteiger partial charge is 0.494 e. The van der Waals surface area contributed by atoms with Crippen LogP contribution in [-0.4, -0.2) is 45.6 Å². The van der Waals surface area contributed by atoms with Crippen molar-refractivity contribution in [2.24, 2.45) is 0 Å². The van der Waals surface area contributed by atoms with Crippen LogP contribution in [0.1, 0.15) is 28.7 Å². The summed E-state index contributed by atoms with van der Waals surface area (Å²) in [6.07, 6.45) is 0.433. The first-order valence-electron chi connectivity index (χ1n) is 8.29. The van der Waals surface area contributed by atoms with Crippen LogP contribution in [0, 0.1) is 6.92 Å². The van der Waals surface area contributed by atoms with Gasteiger partial charge in [0.1, 0.15) is 21.2 Å². The first kappa shape index (κ1) is 18.7. The van der Waals surface area contributed by atoms with E-state index in [4.69, 9.17) is 4.74 Å². The number of hydrogen-bond acceptors (Lipinski definition) is 6. The molecule has 1 aromatic heterocycles. The molecule has 0 spiro atoms. The molecule has 26 heavy (non-hydrogen) atoms. The Labute approximate surface area is 160 Å². The number of nitrogens with zero attached hydrogens (tertiary/aromatic N) is 1. The standard InChI is InChI=1S/C18H20N2O4S2/c1-3-24-13-6-4-12(5-7-13)16-19-11(2)14(26-16)15(21)20-18(17(22)23)8-9-25-10-18/h4-7H,3,8-10H2,1-2H3,(H,20,21)(H,22,23). The number of ether oxygens (including phenoxy) is 1. The number of thiazole rings is 1. The fraction of sp³-hybridized carbons (Fsp3) is 0.389. The Balaban J connectivity index is 1.81. The predicted molar refractivity (Wildman–Crippen MR) is 103 cm³/mol. The van der Waals surface area contributed by atoms with E-state index in [1.54, 1.807) is 6.92 Å². The van der Waals surface area contributed by atoms with Gasteiger partial charge in [-0.25, -0.2) is 9.78 Å². The van der Waals surface area contributed by atoms with Crippen molar-refractivity contribution in [3.8, 4) is 16.3 Å². The van der Waals surface area contributed by atoms with E-state index in [-0.39, 0.29) is 5.91 Å². The summed E-state index contributed by atoms with van der Waals surface area (Å²) in [5.41, 5.74) is 0.310. The van der Waals surface area contributed by atoms with E-state index in [0.29, 0.717) is 29.4 Å². The quantitative estimate of drug-likeness (QED) is 0.785. The molecule has 0 saturated carbocycles. The molecule has 1 aliphatic rings. The molecule has 1 aromatic carbocycles. The molecule has 2 aromatic rings. The molecule has 8 heteroatoms. The molecule has 1 unspecified atom stereocenters. The van der Waals surface area contributed by atoms with Gasteiger partial charge in [-0.05, 0) is 50.3 Å². The van der Waals surface area contributed by atoms with Gasteiger partial charge in [-0.1, -0.05) is 0 Å². The highest BCUT2D eigenvalue weighted by Crippen LogP contribution is 2.32. The summed E-state index contributed by atoms with van der Waals surface area (Å²) >= 11 is 2.81. The first-order valence-corrected chi connectivity index (χ1v) is 10.3. The second-order valence-corrected chi connectivity index (χ2v) is 8.14. The van der Waals surface area contributed by atoms with E-state index in [9.17, 15) is 14.7 Å².